The molecular formula is C64H116O6. The zero-order valence-electron chi connectivity index (χ0n) is 46.8. The normalized spacial score (nSPS) is 12.3. The van der Waals surface area contributed by atoms with Crippen molar-refractivity contribution in [3.8, 4) is 0 Å². The van der Waals surface area contributed by atoms with E-state index in [4.69, 9.17) is 14.2 Å². The Morgan fingerprint density at radius 1 is 0.286 bits per heavy atom. The van der Waals surface area contributed by atoms with Crippen molar-refractivity contribution in [3.63, 3.8) is 0 Å². The monoisotopic (exact) mass is 981 g/mol. The number of hydrogen-bond acceptors (Lipinski definition) is 6. The summed E-state index contributed by atoms with van der Waals surface area (Å²) in [5.41, 5.74) is 0. The summed E-state index contributed by atoms with van der Waals surface area (Å²) in [5, 5.41) is 0. The molecule has 0 spiro atoms. The smallest absolute Gasteiger partial charge is 0.306 e. The Kier molecular flexibility index (Phi) is 56.7. The van der Waals surface area contributed by atoms with Crippen molar-refractivity contribution in [1.82, 2.24) is 0 Å². The SMILES string of the molecule is CCCCCCC\C=C/C=C\C=C/CCCCCCCC(=O)OCC(COC(=O)CCCCCCCCCCCCCCCCCCC)OC(=O)CCCCCCCCC/C=C\CCCCCCCC. The number of ether oxygens (including phenoxy) is 3. The second-order valence-corrected chi connectivity index (χ2v) is 20.7. The van der Waals surface area contributed by atoms with E-state index >= 15 is 0 Å². The first kappa shape index (κ1) is 67.4. The standard InChI is InChI=1S/C64H116O6/c1-4-7-10-13-16-19-22-25-28-31-34-36-39-42-45-48-51-54-57-63(66)69-60-61(70-64(67)58-55-52-49-46-43-40-37-33-30-27-24-21-18-15-12-9-6-3)59-68-62(65)56-53-50-47-44-41-38-35-32-29-26-23-20-17-14-11-8-5-2/h22,25,27-28,30-31,34,36,61H,4-21,23-24,26,29,32-33,35,37-60H2,1-3H3/b25-22-,30-27-,31-28-,36-34-. The van der Waals surface area contributed by atoms with Gasteiger partial charge in [-0.15, -0.1) is 0 Å². The molecule has 0 fully saturated rings. The van der Waals surface area contributed by atoms with Crippen LogP contribution in [0.5, 0.6) is 0 Å². The molecule has 0 radical (unpaired) electrons. The Morgan fingerprint density at radius 2 is 0.529 bits per heavy atom. The van der Waals surface area contributed by atoms with Crippen LogP contribution in [-0.4, -0.2) is 37.2 Å². The summed E-state index contributed by atoms with van der Waals surface area (Å²) in [7, 11) is 0. The van der Waals surface area contributed by atoms with Gasteiger partial charge in [0.1, 0.15) is 13.2 Å². The van der Waals surface area contributed by atoms with Gasteiger partial charge in [0.2, 0.25) is 0 Å². The van der Waals surface area contributed by atoms with Gasteiger partial charge in [-0.05, 0) is 70.6 Å². The zero-order valence-corrected chi connectivity index (χ0v) is 46.8. The summed E-state index contributed by atoms with van der Waals surface area (Å²) in [5.74, 6) is -0.884. The lowest BCUT2D eigenvalue weighted by Gasteiger charge is -2.18. The summed E-state index contributed by atoms with van der Waals surface area (Å²) in [6.45, 7) is 6.65. The molecule has 0 amide bonds. The number of allylic oxidation sites excluding steroid dienone is 8. The molecule has 0 bridgehead atoms. The first-order chi connectivity index (χ1) is 34.5. The van der Waals surface area contributed by atoms with Crippen LogP contribution in [0.15, 0.2) is 48.6 Å². The second-order valence-electron chi connectivity index (χ2n) is 20.7. The van der Waals surface area contributed by atoms with Crippen molar-refractivity contribution in [1.29, 1.82) is 0 Å². The van der Waals surface area contributed by atoms with Crippen LogP contribution >= 0.6 is 0 Å². The highest BCUT2D eigenvalue weighted by atomic mass is 16.6. The third-order valence-electron chi connectivity index (χ3n) is 13.6. The van der Waals surface area contributed by atoms with Gasteiger partial charge in [-0.25, -0.2) is 0 Å². The van der Waals surface area contributed by atoms with E-state index in [2.05, 4.69) is 69.4 Å². The molecule has 0 aromatic heterocycles. The van der Waals surface area contributed by atoms with Gasteiger partial charge in [0.25, 0.3) is 0 Å². The molecule has 0 aliphatic rings. The second kappa shape index (κ2) is 58.9. The summed E-state index contributed by atoms with van der Waals surface area (Å²) in [6.07, 6.45) is 72.4. The van der Waals surface area contributed by atoms with E-state index in [0.717, 1.165) is 77.0 Å². The molecule has 0 N–H and O–H groups in total. The average molecular weight is 982 g/mol. The Bertz CT molecular complexity index is 1220. The van der Waals surface area contributed by atoms with Crippen molar-refractivity contribution in [2.45, 2.75) is 329 Å². The number of carbonyl (C=O) groups is 3. The third kappa shape index (κ3) is 56.3. The molecule has 0 aliphatic carbocycles. The van der Waals surface area contributed by atoms with E-state index in [-0.39, 0.29) is 31.1 Å². The maximum atomic E-state index is 12.9. The molecule has 0 saturated carbocycles. The van der Waals surface area contributed by atoms with Gasteiger partial charge in [0.05, 0.1) is 0 Å². The highest BCUT2D eigenvalue weighted by molar-refractivity contribution is 5.71. The van der Waals surface area contributed by atoms with Crippen molar-refractivity contribution in [2.24, 2.45) is 0 Å². The van der Waals surface area contributed by atoms with Crippen LogP contribution in [0.25, 0.3) is 0 Å². The van der Waals surface area contributed by atoms with E-state index < -0.39 is 6.10 Å². The molecule has 0 aliphatic heterocycles. The molecule has 0 aromatic carbocycles. The average Bonchev–Trinajstić information content (AvgIpc) is 3.36. The van der Waals surface area contributed by atoms with E-state index in [1.54, 1.807) is 0 Å². The molecule has 0 rings (SSSR count). The van der Waals surface area contributed by atoms with Crippen LogP contribution in [0.2, 0.25) is 0 Å². The molecule has 6 heteroatoms. The maximum Gasteiger partial charge on any atom is 0.306 e. The molecular weight excluding hydrogens is 865 g/mol. The van der Waals surface area contributed by atoms with Gasteiger partial charge in [0.15, 0.2) is 6.10 Å². The van der Waals surface area contributed by atoms with Crippen LogP contribution in [0, 0.1) is 0 Å². The van der Waals surface area contributed by atoms with E-state index in [1.165, 1.54) is 205 Å². The quantitative estimate of drug-likeness (QED) is 0.0199. The third-order valence-corrected chi connectivity index (χ3v) is 13.6. The highest BCUT2D eigenvalue weighted by Gasteiger charge is 2.19. The Hall–Kier alpha value is -2.63. The lowest BCUT2D eigenvalue weighted by Crippen LogP contribution is -2.30. The largest absolute Gasteiger partial charge is 0.462 e. The summed E-state index contributed by atoms with van der Waals surface area (Å²) < 4.78 is 16.9. The lowest BCUT2D eigenvalue weighted by atomic mass is 10.0. The van der Waals surface area contributed by atoms with Gasteiger partial charge in [-0.2, -0.15) is 0 Å². The fourth-order valence-corrected chi connectivity index (χ4v) is 8.97. The lowest BCUT2D eigenvalue weighted by molar-refractivity contribution is -0.167. The molecule has 1 atom stereocenters. The van der Waals surface area contributed by atoms with Gasteiger partial charge < -0.3 is 14.2 Å². The molecule has 0 heterocycles. The predicted molar refractivity (Wildman–Crippen MR) is 302 cm³/mol. The van der Waals surface area contributed by atoms with Gasteiger partial charge in [-0.1, -0.05) is 281 Å². The maximum absolute atomic E-state index is 12.9. The number of esters is 3. The van der Waals surface area contributed by atoms with Crippen molar-refractivity contribution in [2.75, 3.05) is 13.2 Å². The fraction of sp³-hybridized carbons (Fsp3) is 0.828. The number of hydrogen-bond donors (Lipinski definition) is 0. The van der Waals surface area contributed by atoms with Crippen molar-refractivity contribution >= 4 is 17.9 Å². The van der Waals surface area contributed by atoms with Crippen molar-refractivity contribution < 1.29 is 28.6 Å². The molecule has 0 saturated heterocycles. The van der Waals surface area contributed by atoms with Crippen LogP contribution in [0.4, 0.5) is 0 Å². The first-order valence-corrected chi connectivity index (χ1v) is 30.7. The van der Waals surface area contributed by atoms with E-state index in [9.17, 15) is 14.4 Å². The molecule has 408 valence electrons. The van der Waals surface area contributed by atoms with Crippen molar-refractivity contribution in [3.05, 3.63) is 48.6 Å². The predicted octanol–water partition coefficient (Wildman–Crippen LogP) is 20.6. The van der Waals surface area contributed by atoms with E-state index in [1.807, 2.05) is 0 Å². The number of unbranched alkanes of at least 4 members (excludes halogenated alkanes) is 39. The molecule has 6 nitrogen and oxygen atoms in total. The minimum Gasteiger partial charge on any atom is -0.462 e. The summed E-state index contributed by atoms with van der Waals surface area (Å²) in [6, 6.07) is 0. The first-order valence-electron chi connectivity index (χ1n) is 30.7. The van der Waals surface area contributed by atoms with Crippen LogP contribution < -0.4 is 0 Å². The molecule has 70 heavy (non-hydrogen) atoms. The summed E-state index contributed by atoms with van der Waals surface area (Å²) >= 11 is 0. The highest BCUT2D eigenvalue weighted by Crippen LogP contribution is 2.17. The Labute approximate surface area is 435 Å². The molecule has 1 unspecified atom stereocenters. The van der Waals surface area contributed by atoms with Crippen LogP contribution in [0.3, 0.4) is 0 Å². The topological polar surface area (TPSA) is 78.9 Å². The zero-order chi connectivity index (χ0) is 50.7. The fourth-order valence-electron chi connectivity index (χ4n) is 8.97. The Morgan fingerprint density at radius 3 is 0.829 bits per heavy atom. The van der Waals surface area contributed by atoms with Crippen LogP contribution in [-0.2, 0) is 28.6 Å². The summed E-state index contributed by atoms with van der Waals surface area (Å²) in [4.78, 5) is 38.2. The Balaban J connectivity index is 4.39. The van der Waals surface area contributed by atoms with E-state index in [0.29, 0.717) is 19.3 Å². The minimum absolute atomic E-state index is 0.0782. The van der Waals surface area contributed by atoms with Crippen LogP contribution in [0.1, 0.15) is 323 Å². The van der Waals surface area contributed by atoms with Gasteiger partial charge >= 0.3 is 17.9 Å². The molecule has 0 aromatic rings. The van der Waals surface area contributed by atoms with Gasteiger partial charge in [-0.3, -0.25) is 14.4 Å². The minimum atomic E-state index is -0.782. The van der Waals surface area contributed by atoms with Gasteiger partial charge in [0, 0.05) is 19.3 Å². The number of rotatable bonds is 56. The number of carbonyl (C=O) groups excluding carboxylic acids is 3.